The van der Waals surface area contributed by atoms with Gasteiger partial charge in [-0.15, -0.1) is 0 Å². The van der Waals surface area contributed by atoms with E-state index in [1.165, 1.54) is 17.5 Å². The number of esters is 1. The molecule has 126 valence electrons. The van der Waals surface area contributed by atoms with Crippen LogP contribution >= 0.6 is 0 Å². The third kappa shape index (κ3) is 5.27. The van der Waals surface area contributed by atoms with Gasteiger partial charge in [0.05, 0.1) is 0 Å². The van der Waals surface area contributed by atoms with Crippen LogP contribution in [0.15, 0.2) is 18.2 Å². The van der Waals surface area contributed by atoms with Crippen molar-refractivity contribution in [1.29, 1.82) is 0 Å². The van der Waals surface area contributed by atoms with Crippen molar-refractivity contribution in [3.05, 3.63) is 29.3 Å². The van der Waals surface area contributed by atoms with Crippen LogP contribution < -0.4 is 10.1 Å². The van der Waals surface area contributed by atoms with Crippen molar-refractivity contribution < 1.29 is 19.1 Å². The zero-order valence-corrected chi connectivity index (χ0v) is 13.9. The van der Waals surface area contributed by atoms with E-state index in [-0.39, 0.29) is 25.2 Å². The van der Waals surface area contributed by atoms with Gasteiger partial charge in [-0.25, -0.2) is 4.79 Å². The summed E-state index contributed by atoms with van der Waals surface area (Å²) in [4.78, 5) is 23.3. The average molecular weight is 319 g/mol. The molecular formula is C18H25NO4. The highest BCUT2D eigenvalue weighted by atomic mass is 16.6. The van der Waals surface area contributed by atoms with Crippen LogP contribution in [-0.4, -0.2) is 31.1 Å². The van der Waals surface area contributed by atoms with Crippen LogP contribution in [0.4, 0.5) is 0 Å². The molecule has 1 aromatic rings. The molecule has 0 fully saturated rings. The fourth-order valence-corrected chi connectivity index (χ4v) is 2.73. The Morgan fingerprint density at radius 1 is 1.13 bits per heavy atom. The molecule has 0 aromatic heterocycles. The minimum absolute atomic E-state index is 0.129. The quantitative estimate of drug-likeness (QED) is 0.747. The number of carbonyl (C=O) groups excluding carboxylic acids is 2. The second-order valence-electron chi connectivity index (χ2n) is 5.81. The Balaban J connectivity index is 1.70. The monoisotopic (exact) mass is 319 g/mol. The fourth-order valence-electron chi connectivity index (χ4n) is 2.73. The second kappa shape index (κ2) is 8.56. The van der Waals surface area contributed by atoms with Gasteiger partial charge in [-0.05, 0) is 55.4 Å². The van der Waals surface area contributed by atoms with Gasteiger partial charge in [0.15, 0.2) is 13.2 Å². The first kappa shape index (κ1) is 17.3. The van der Waals surface area contributed by atoms with Crippen LogP contribution in [0.5, 0.6) is 5.75 Å². The number of amides is 1. The Kier molecular flexibility index (Phi) is 6.44. The van der Waals surface area contributed by atoms with E-state index in [2.05, 4.69) is 5.32 Å². The molecule has 0 bridgehead atoms. The summed E-state index contributed by atoms with van der Waals surface area (Å²) in [5.74, 6) is -0.140. The first-order chi connectivity index (χ1) is 11.1. The predicted molar refractivity (Wildman–Crippen MR) is 87.4 cm³/mol. The fraction of sp³-hybridized carbons (Fsp3) is 0.556. The molecule has 1 aliphatic carbocycles. The van der Waals surface area contributed by atoms with Gasteiger partial charge in [0.25, 0.3) is 5.91 Å². The molecule has 23 heavy (non-hydrogen) atoms. The first-order valence-electron chi connectivity index (χ1n) is 8.32. The van der Waals surface area contributed by atoms with Crippen LogP contribution in [0.3, 0.4) is 0 Å². The van der Waals surface area contributed by atoms with Crippen molar-refractivity contribution in [3.8, 4) is 5.75 Å². The summed E-state index contributed by atoms with van der Waals surface area (Å²) >= 11 is 0. The van der Waals surface area contributed by atoms with Gasteiger partial charge in [-0.2, -0.15) is 0 Å². The number of carbonyl (C=O) groups is 2. The van der Waals surface area contributed by atoms with E-state index < -0.39 is 5.97 Å². The Hall–Kier alpha value is -2.04. The Morgan fingerprint density at radius 2 is 1.87 bits per heavy atom. The van der Waals surface area contributed by atoms with E-state index in [1.807, 2.05) is 32.0 Å². The van der Waals surface area contributed by atoms with Gasteiger partial charge in [-0.1, -0.05) is 19.9 Å². The molecule has 0 unspecified atom stereocenters. The molecule has 2 rings (SSSR count). The van der Waals surface area contributed by atoms with Crippen molar-refractivity contribution in [1.82, 2.24) is 5.32 Å². The number of fused-ring (bicyclic) bond motifs is 1. The molecule has 0 saturated carbocycles. The van der Waals surface area contributed by atoms with Crippen molar-refractivity contribution in [2.24, 2.45) is 0 Å². The number of hydrogen-bond acceptors (Lipinski definition) is 4. The summed E-state index contributed by atoms with van der Waals surface area (Å²) in [6.07, 6.45) is 5.07. The van der Waals surface area contributed by atoms with Crippen LogP contribution in [0.25, 0.3) is 0 Å². The number of rotatable bonds is 8. The van der Waals surface area contributed by atoms with Gasteiger partial charge in [0.1, 0.15) is 5.75 Å². The van der Waals surface area contributed by atoms with E-state index >= 15 is 0 Å². The predicted octanol–water partition coefficient (Wildman–Crippen LogP) is 2.40. The maximum atomic E-state index is 11.7. The number of ether oxygens (including phenoxy) is 2. The van der Waals surface area contributed by atoms with E-state index in [0.29, 0.717) is 5.75 Å². The Morgan fingerprint density at radius 3 is 2.61 bits per heavy atom. The average Bonchev–Trinajstić information content (AvgIpc) is 3.03. The van der Waals surface area contributed by atoms with E-state index in [1.54, 1.807) is 0 Å². The van der Waals surface area contributed by atoms with E-state index in [9.17, 15) is 9.59 Å². The second-order valence-corrected chi connectivity index (χ2v) is 5.81. The Labute approximate surface area is 137 Å². The number of hydrogen-bond donors (Lipinski definition) is 1. The zero-order chi connectivity index (χ0) is 16.7. The molecule has 0 radical (unpaired) electrons. The molecule has 0 spiro atoms. The number of aryl methyl sites for hydroxylation is 2. The lowest BCUT2D eigenvalue weighted by atomic mass is 10.1. The summed E-state index contributed by atoms with van der Waals surface area (Å²) < 4.78 is 10.4. The smallest absolute Gasteiger partial charge is 0.344 e. The van der Waals surface area contributed by atoms with Gasteiger partial charge in [0, 0.05) is 6.04 Å². The molecular weight excluding hydrogens is 294 g/mol. The lowest BCUT2D eigenvalue weighted by molar-refractivity contribution is -0.150. The molecule has 5 nitrogen and oxygen atoms in total. The van der Waals surface area contributed by atoms with Gasteiger partial charge >= 0.3 is 5.97 Å². The molecule has 0 atom stereocenters. The van der Waals surface area contributed by atoms with Crippen molar-refractivity contribution >= 4 is 11.9 Å². The third-order valence-corrected chi connectivity index (χ3v) is 4.14. The molecule has 5 heteroatoms. The lowest BCUT2D eigenvalue weighted by Gasteiger charge is -2.14. The third-order valence-electron chi connectivity index (χ3n) is 4.14. The largest absolute Gasteiger partial charge is 0.482 e. The topological polar surface area (TPSA) is 64.6 Å². The molecule has 1 amide bonds. The standard InChI is InChI=1S/C18H25NO4/c1-3-15(4-2)19-17(20)11-23-18(21)12-22-16-9-8-13-6-5-7-14(13)10-16/h8-10,15H,3-7,11-12H2,1-2H3,(H,19,20). The van der Waals surface area contributed by atoms with Crippen molar-refractivity contribution in [3.63, 3.8) is 0 Å². The molecule has 1 aromatic carbocycles. The Bertz CT molecular complexity index is 552. The highest BCUT2D eigenvalue weighted by Gasteiger charge is 2.13. The molecule has 1 N–H and O–H groups in total. The van der Waals surface area contributed by atoms with Crippen LogP contribution in [0, 0.1) is 0 Å². The lowest BCUT2D eigenvalue weighted by Crippen LogP contribution is -2.37. The number of benzene rings is 1. The highest BCUT2D eigenvalue weighted by molar-refractivity contribution is 5.81. The number of nitrogens with one attached hydrogen (secondary N) is 1. The maximum absolute atomic E-state index is 11.7. The van der Waals surface area contributed by atoms with Crippen LogP contribution in [0.1, 0.15) is 44.2 Å². The normalized spacial score (nSPS) is 12.8. The van der Waals surface area contributed by atoms with Crippen LogP contribution in [-0.2, 0) is 27.2 Å². The molecule has 1 aliphatic rings. The summed E-state index contributed by atoms with van der Waals surface area (Å²) in [5.41, 5.74) is 2.65. The minimum atomic E-state index is -0.537. The summed E-state index contributed by atoms with van der Waals surface area (Å²) in [7, 11) is 0. The molecule has 0 aliphatic heterocycles. The van der Waals surface area contributed by atoms with E-state index in [0.717, 1.165) is 25.7 Å². The van der Waals surface area contributed by atoms with Crippen molar-refractivity contribution in [2.45, 2.75) is 52.0 Å². The molecule has 0 heterocycles. The SMILES string of the molecule is CCC(CC)NC(=O)COC(=O)COc1ccc2c(c1)CCC2. The molecule has 0 saturated heterocycles. The maximum Gasteiger partial charge on any atom is 0.344 e. The van der Waals surface area contributed by atoms with Crippen molar-refractivity contribution in [2.75, 3.05) is 13.2 Å². The highest BCUT2D eigenvalue weighted by Crippen LogP contribution is 2.25. The van der Waals surface area contributed by atoms with Gasteiger partial charge in [-0.3, -0.25) is 4.79 Å². The van der Waals surface area contributed by atoms with Gasteiger partial charge in [0.2, 0.25) is 0 Å². The zero-order valence-electron chi connectivity index (χ0n) is 13.9. The van der Waals surface area contributed by atoms with E-state index in [4.69, 9.17) is 9.47 Å². The summed E-state index contributed by atoms with van der Waals surface area (Å²) in [6.45, 7) is 3.57. The first-order valence-corrected chi connectivity index (χ1v) is 8.32. The minimum Gasteiger partial charge on any atom is -0.482 e. The summed E-state index contributed by atoms with van der Waals surface area (Å²) in [5, 5.41) is 2.82. The summed E-state index contributed by atoms with van der Waals surface area (Å²) in [6, 6.07) is 6.03. The van der Waals surface area contributed by atoms with Crippen LogP contribution in [0.2, 0.25) is 0 Å². The van der Waals surface area contributed by atoms with Gasteiger partial charge < -0.3 is 14.8 Å².